The molecule has 1 aliphatic heterocycles. The number of piperidine rings is 1. The summed E-state index contributed by atoms with van der Waals surface area (Å²) in [6, 6.07) is 7.19. The molecule has 168 valence electrons. The molecule has 1 aliphatic rings. The van der Waals surface area contributed by atoms with Crippen LogP contribution in [0.1, 0.15) is 26.7 Å². The highest BCUT2D eigenvalue weighted by molar-refractivity contribution is 5.93. The number of anilines is 1. The summed E-state index contributed by atoms with van der Waals surface area (Å²) in [7, 11) is 0. The van der Waals surface area contributed by atoms with Gasteiger partial charge in [-0.25, -0.2) is 14.5 Å². The van der Waals surface area contributed by atoms with E-state index < -0.39 is 0 Å². The van der Waals surface area contributed by atoms with E-state index in [0.717, 1.165) is 18.5 Å². The maximum Gasteiger partial charge on any atom is 0.320 e. The van der Waals surface area contributed by atoms with Gasteiger partial charge in [-0.3, -0.25) is 9.59 Å². The largest absolute Gasteiger partial charge is 0.326 e. The Kier molecular flexibility index (Phi) is 6.20. The van der Waals surface area contributed by atoms with Crippen LogP contribution in [-0.4, -0.2) is 67.7 Å². The number of likely N-dealkylation sites (tertiary alicyclic amines) is 1. The third-order valence-electron chi connectivity index (χ3n) is 5.85. The van der Waals surface area contributed by atoms with Gasteiger partial charge in [0.15, 0.2) is 5.65 Å². The Morgan fingerprint density at radius 1 is 1.22 bits per heavy atom. The van der Waals surface area contributed by atoms with E-state index in [1.807, 2.05) is 26.0 Å². The number of urea groups is 1. The van der Waals surface area contributed by atoms with E-state index in [4.69, 9.17) is 0 Å². The molecule has 3 heterocycles. The van der Waals surface area contributed by atoms with Crippen LogP contribution in [0.3, 0.4) is 0 Å². The molecule has 32 heavy (non-hydrogen) atoms. The Bertz CT molecular complexity index is 1160. The average molecular weight is 438 g/mol. The van der Waals surface area contributed by atoms with Crippen LogP contribution in [-0.2, 0) is 4.79 Å². The van der Waals surface area contributed by atoms with Crippen molar-refractivity contribution in [3.05, 3.63) is 47.1 Å². The summed E-state index contributed by atoms with van der Waals surface area (Å²) < 4.78 is 1.58. The highest BCUT2D eigenvalue weighted by Gasteiger charge is 2.30. The molecular formula is C22H27N7O3. The van der Waals surface area contributed by atoms with Gasteiger partial charge in [0.2, 0.25) is 5.91 Å². The molecular weight excluding hydrogens is 410 g/mol. The van der Waals surface area contributed by atoms with Crippen molar-refractivity contribution in [3.8, 4) is 5.69 Å². The van der Waals surface area contributed by atoms with Crippen LogP contribution in [0, 0.1) is 5.92 Å². The van der Waals surface area contributed by atoms with Gasteiger partial charge < -0.3 is 20.1 Å². The van der Waals surface area contributed by atoms with Crippen molar-refractivity contribution < 1.29 is 9.59 Å². The Morgan fingerprint density at radius 3 is 2.69 bits per heavy atom. The van der Waals surface area contributed by atoms with Crippen molar-refractivity contribution in [2.24, 2.45) is 5.92 Å². The van der Waals surface area contributed by atoms with Crippen molar-refractivity contribution in [2.75, 3.05) is 31.5 Å². The maximum atomic E-state index is 12.8. The van der Waals surface area contributed by atoms with Gasteiger partial charge in [0.25, 0.3) is 5.56 Å². The lowest BCUT2D eigenvalue weighted by Gasteiger charge is -2.35. The van der Waals surface area contributed by atoms with E-state index in [-0.39, 0.29) is 23.4 Å². The minimum absolute atomic E-state index is 0.00394. The second-order valence-electron chi connectivity index (χ2n) is 7.80. The van der Waals surface area contributed by atoms with Gasteiger partial charge in [0.05, 0.1) is 24.1 Å². The van der Waals surface area contributed by atoms with E-state index >= 15 is 0 Å². The van der Waals surface area contributed by atoms with E-state index in [1.54, 1.807) is 26.6 Å². The zero-order valence-corrected chi connectivity index (χ0v) is 18.2. The lowest BCUT2D eigenvalue weighted by atomic mass is 9.97. The van der Waals surface area contributed by atoms with Crippen LogP contribution >= 0.6 is 0 Å². The van der Waals surface area contributed by atoms with Crippen LogP contribution < -0.4 is 10.9 Å². The fraction of sp³-hybridized carbons (Fsp3) is 0.409. The van der Waals surface area contributed by atoms with E-state index in [9.17, 15) is 14.4 Å². The van der Waals surface area contributed by atoms with Crippen LogP contribution in [0.2, 0.25) is 0 Å². The predicted molar refractivity (Wildman–Crippen MR) is 121 cm³/mol. The molecule has 1 unspecified atom stereocenters. The number of fused-ring (bicyclic) bond motifs is 1. The normalized spacial score (nSPS) is 16.2. The number of amides is 3. The molecule has 0 aliphatic carbocycles. The third-order valence-corrected chi connectivity index (χ3v) is 5.85. The number of hydrogen-bond donors (Lipinski definition) is 2. The first-order chi connectivity index (χ1) is 15.5. The number of aromatic amines is 1. The maximum absolute atomic E-state index is 12.8. The number of carbonyl (C=O) groups is 2. The van der Waals surface area contributed by atoms with E-state index in [0.29, 0.717) is 42.9 Å². The lowest BCUT2D eigenvalue weighted by molar-refractivity contribution is -0.121. The second-order valence-corrected chi connectivity index (χ2v) is 7.80. The lowest BCUT2D eigenvalue weighted by Crippen LogP contribution is -2.49. The van der Waals surface area contributed by atoms with Crippen molar-refractivity contribution >= 4 is 28.7 Å². The molecule has 10 heteroatoms. The molecule has 2 N–H and O–H groups in total. The number of nitrogens with one attached hydrogen (secondary N) is 2. The van der Waals surface area contributed by atoms with Gasteiger partial charge in [-0.15, -0.1) is 0 Å². The molecule has 0 radical (unpaired) electrons. The van der Waals surface area contributed by atoms with Crippen LogP contribution in [0.15, 0.2) is 41.6 Å². The number of rotatable bonds is 5. The van der Waals surface area contributed by atoms with Gasteiger partial charge in [-0.2, -0.15) is 5.10 Å². The van der Waals surface area contributed by atoms with Gasteiger partial charge in [-0.05, 0) is 51.0 Å². The molecule has 10 nitrogen and oxygen atoms in total. The first kappa shape index (κ1) is 21.5. The molecule has 1 fully saturated rings. The quantitative estimate of drug-likeness (QED) is 0.635. The van der Waals surface area contributed by atoms with Crippen molar-refractivity contribution in [1.29, 1.82) is 0 Å². The summed E-state index contributed by atoms with van der Waals surface area (Å²) in [5.41, 5.74) is 1.61. The van der Waals surface area contributed by atoms with Crippen molar-refractivity contribution in [3.63, 3.8) is 0 Å². The van der Waals surface area contributed by atoms with Crippen molar-refractivity contribution in [1.82, 2.24) is 29.5 Å². The number of carbonyl (C=O) groups excluding carboxylic acids is 2. The molecule has 1 aromatic carbocycles. The Balaban J connectivity index is 1.43. The molecule has 0 saturated carbocycles. The van der Waals surface area contributed by atoms with Crippen LogP contribution in [0.5, 0.6) is 0 Å². The Morgan fingerprint density at radius 2 is 1.97 bits per heavy atom. The minimum atomic E-state index is -0.244. The first-order valence-electron chi connectivity index (χ1n) is 10.9. The summed E-state index contributed by atoms with van der Waals surface area (Å²) in [6.45, 7) is 6.34. The summed E-state index contributed by atoms with van der Waals surface area (Å²) >= 11 is 0. The van der Waals surface area contributed by atoms with Crippen molar-refractivity contribution in [2.45, 2.75) is 26.7 Å². The number of H-pyrrole nitrogens is 1. The minimum Gasteiger partial charge on any atom is -0.326 e. The number of nitrogens with zero attached hydrogens (tertiary/aromatic N) is 5. The predicted octanol–water partition coefficient (Wildman–Crippen LogP) is 2.22. The highest BCUT2D eigenvalue weighted by Crippen LogP contribution is 2.21. The summed E-state index contributed by atoms with van der Waals surface area (Å²) in [5.74, 6) is -0.332. The molecule has 2 aromatic heterocycles. The summed E-state index contributed by atoms with van der Waals surface area (Å²) in [5, 5.41) is 7.61. The topological polar surface area (TPSA) is 116 Å². The average Bonchev–Trinajstić information content (AvgIpc) is 3.26. The zero-order chi connectivity index (χ0) is 22.7. The Hall–Kier alpha value is -3.69. The van der Waals surface area contributed by atoms with Gasteiger partial charge in [-0.1, -0.05) is 0 Å². The monoisotopic (exact) mass is 437 g/mol. The molecule has 1 saturated heterocycles. The first-order valence-corrected chi connectivity index (χ1v) is 10.9. The standard InChI is InChI=1S/C22H27N7O3/c1-3-27(4-2)22(32)28-11-5-6-15(13-28)20(30)26-16-7-9-17(10-8-16)29-19-18(12-25-29)21(31)24-14-23-19/h7-10,12,14-15H,3-6,11,13H2,1-2H3,(H,26,30)(H,23,24,31). The van der Waals surface area contributed by atoms with Crippen LogP contribution in [0.4, 0.5) is 10.5 Å². The Labute approximate surface area is 185 Å². The van der Waals surface area contributed by atoms with Gasteiger partial charge in [0.1, 0.15) is 5.39 Å². The molecule has 1 atom stereocenters. The number of hydrogen-bond acceptors (Lipinski definition) is 5. The van der Waals surface area contributed by atoms with E-state index in [1.165, 1.54) is 12.5 Å². The number of aromatic nitrogens is 4. The zero-order valence-electron chi connectivity index (χ0n) is 18.2. The van der Waals surface area contributed by atoms with Gasteiger partial charge >= 0.3 is 6.03 Å². The second kappa shape index (κ2) is 9.21. The van der Waals surface area contributed by atoms with Gasteiger partial charge in [0, 0.05) is 31.9 Å². The molecule has 3 aromatic rings. The fourth-order valence-corrected chi connectivity index (χ4v) is 4.03. The third kappa shape index (κ3) is 4.20. The van der Waals surface area contributed by atoms with E-state index in [2.05, 4.69) is 20.4 Å². The highest BCUT2D eigenvalue weighted by atomic mass is 16.2. The smallest absolute Gasteiger partial charge is 0.320 e. The molecule has 4 rings (SSSR count). The molecule has 3 amide bonds. The summed E-state index contributed by atoms with van der Waals surface area (Å²) in [4.78, 5) is 47.6. The fourth-order valence-electron chi connectivity index (χ4n) is 4.03. The summed E-state index contributed by atoms with van der Waals surface area (Å²) in [6.07, 6.45) is 4.38. The SMILES string of the molecule is CCN(CC)C(=O)N1CCCC(C(=O)Nc2ccc(-n3ncc4c(=O)[nH]cnc43)cc2)C1. The molecule has 0 bridgehead atoms. The molecule has 0 spiro atoms. The van der Waals surface area contributed by atoms with Crippen LogP contribution in [0.25, 0.3) is 16.7 Å². The number of benzene rings is 1.